The minimum Gasteiger partial charge on any atom is -0.507 e. The van der Waals surface area contributed by atoms with Gasteiger partial charge in [0.2, 0.25) is 0 Å². The van der Waals surface area contributed by atoms with Crippen LogP contribution in [0.4, 0.5) is 11.4 Å². The molecule has 0 saturated heterocycles. The molecule has 0 atom stereocenters. The molecule has 0 radical (unpaired) electrons. The summed E-state index contributed by atoms with van der Waals surface area (Å²) < 4.78 is 0. The molecule has 5 heteroatoms. The zero-order valence-corrected chi connectivity index (χ0v) is 13.0. The van der Waals surface area contributed by atoms with Crippen molar-refractivity contribution >= 4 is 34.0 Å². The number of anilines is 2. The van der Waals surface area contributed by atoms with Crippen LogP contribution in [-0.4, -0.2) is 16.9 Å². The normalized spacial score (nSPS) is 10.4. The molecule has 0 unspecified atom stereocenters. The van der Waals surface area contributed by atoms with Gasteiger partial charge in [-0.3, -0.25) is 9.59 Å². The summed E-state index contributed by atoms with van der Waals surface area (Å²) in [5.74, 6) is -1.40. The predicted molar refractivity (Wildman–Crippen MR) is 94.1 cm³/mol. The zero-order chi connectivity index (χ0) is 17.1. The van der Waals surface area contributed by atoms with Crippen LogP contribution < -0.4 is 10.6 Å². The van der Waals surface area contributed by atoms with Gasteiger partial charge >= 0.3 is 11.8 Å². The summed E-state index contributed by atoms with van der Waals surface area (Å²) in [5, 5.41) is 16.3. The topological polar surface area (TPSA) is 78.4 Å². The van der Waals surface area contributed by atoms with Gasteiger partial charge in [-0.05, 0) is 36.8 Å². The fourth-order valence-corrected chi connectivity index (χ4v) is 2.49. The maximum absolute atomic E-state index is 12.1. The highest BCUT2D eigenvalue weighted by atomic mass is 16.3. The van der Waals surface area contributed by atoms with E-state index in [-0.39, 0.29) is 5.75 Å². The number of carbonyl (C=O) groups excluding carboxylic acids is 2. The Morgan fingerprint density at radius 3 is 2.29 bits per heavy atom. The molecule has 0 aromatic heterocycles. The van der Waals surface area contributed by atoms with Crippen molar-refractivity contribution in [3.05, 3.63) is 66.2 Å². The molecule has 0 spiro atoms. The van der Waals surface area contributed by atoms with Gasteiger partial charge in [0.05, 0.1) is 0 Å². The Kier molecular flexibility index (Phi) is 4.16. The molecule has 24 heavy (non-hydrogen) atoms. The largest absolute Gasteiger partial charge is 0.507 e. The number of nitrogens with one attached hydrogen (secondary N) is 2. The summed E-state index contributed by atoms with van der Waals surface area (Å²) in [6.07, 6.45) is 0. The highest BCUT2D eigenvalue weighted by molar-refractivity contribution is 6.44. The van der Waals surface area contributed by atoms with E-state index in [0.29, 0.717) is 22.1 Å². The van der Waals surface area contributed by atoms with Gasteiger partial charge < -0.3 is 15.7 Å². The molecule has 2 amide bonds. The van der Waals surface area contributed by atoms with E-state index in [4.69, 9.17) is 0 Å². The molecule has 0 aliphatic carbocycles. The second-order valence-electron chi connectivity index (χ2n) is 5.46. The van der Waals surface area contributed by atoms with Crippen molar-refractivity contribution in [3.8, 4) is 5.75 Å². The van der Waals surface area contributed by atoms with E-state index in [1.807, 2.05) is 13.0 Å². The highest BCUT2D eigenvalue weighted by Crippen LogP contribution is 2.29. The van der Waals surface area contributed by atoms with Crippen LogP contribution in [0.15, 0.2) is 60.7 Å². The minimum absolute atomic E-state index is 0.118. The first-order chi connectivity index (χ1) is 11.5. The molecule has 3 aromatic carbocycles. The number of phenols is 1. The molecule has 0 aliphatic rings. The number of carbonyl (C=O) groups is 2. The first kappa shape index (κ1) is 15.6. The summed E-state index contributed by atoms with van der Waals surface area (Å²) in [4.78, 5) is 24.2. The fourth-order valence-electron chi connectivity index (χ4n) is 2.49. The molecule has 0 saturated carbocycles. The van der Waals surface area contributed by atoms with Crippen LogP contribution >= 0.6 is 0 Å². The SMILES string of the molecule is Cc1cccc(NC(=O)C(=O)Nc2cccc3c(O)cccc23)c1. The monoisotopic (exact) mass is 320 g/mol. The van der Waals surface area contributed by atoms with Crippen LogP contribution in [0, 0.1) is 6.92 Å². The van der Waals surface area contributed by atoms with E-state index in [9.17, 15) is 14.7 Å². The lowest BCUT2D eigenvalue weighted by Crippen LogP contribution is -2.29. The third kappa shape index (κ3) is 3.20. The highest BCUT2D eigenvalue weighted by Gasteiger charge is 2.15. The molecule has 120 valence electrons. The van der Waals surface area contributed by atoms with Crippen molar-refractivity contribution in [2.45, 2.75) is 6.92 Å². The lowest BCUT2D eigenvalue weighted by atomic mass is 10.1. The van der Waals surface area contributed by atoms with E-state index in [1.165, 1.54) is 0 Å². The van der Waals surface area contributed by atoms with Crippen LogP contribution in [0.2, 0.25) is 0 Å². The summed E-state index contributed by atoms with van der Waals surface area (Å²) in [7, 11) is 0. The Morgan fingerprint density at radius 1 is 0.833 bits per heavy atom. The van der Waals surface area contributed by atoms with Crippen molar-refractivity contribution in [2.75, 3.05) is 10.6 Å². The van der Waals surface area contributed by atoms with Crippen molar-refractivity contribution < 1.29 is 14.7 Å². The Bertz CT molecular complexity index is 935. The first-order valence-electron chi connectivity index (χ1n) is 7.44. The molecular weight excluding hydrogens is 304 g/mol. The fraction of sp³-hybridized carbons (Fsp3) is 0.0526. The van der Waals surface area contributed by atoms with Crippen LogP contribution in [-0.2, 0) is 9.59 Å². The number of hydrogen-bond donors (Lipinski definition) is 3. The van der Waals surface area contributed by atoms with Crippen molar-refractivity contribution in [1.29, 1.82) is 0 Å². The lowest BCUT2D eigenvalue weighted by molar-refractivity contribution is -0.132. The van der Waals surface area contributed by atoms with Crippen LogP contribution in [0.25, 0.3) is 10.8 Å². The average molecular weight is 320 g/mol. The number of phenolic OH excluding ortho intramolecular Hbond substituents is 1. The predicted octanol–water partition coefficient (Wildman–Crippen LogP) is 3.43. The summed E-state index contributed by atoms with van der Waals surface area (Å²) in [5.41, 5.74) is 2.01. The van der Waals surface area contributed by atoms with E-state index in [1.54, 1.807) is 54.6 Å². The molecule has 0 bridgehead atoms. The van der Waals surface area contributed by atoms with Gasteiger partial charge in [0.25, 0.3) is 0 Å². The van der Waals surface area contributed by atoms with Crippen molar-refractivity contribution in [2.24, 2.45) is 0 Å². The molecule has 3 rings (SSSR count). The molecule has 0 heterocycles. The van der Waals surface area contributed by atoms with Gasteiger partial charge in [-0.15, -0.1) is 0 Å². The van der Waals surface area contributed by atoms with Gasteiger partial charge in [-0.2, -0.15) is 0 Å². The van der Waals surface area contributed by atoms with Gasteiger partial charge in [-0.1, -0.05) is 36.4 Å². The number of aromatic hydroxyl groups is 1. The van der Waals surface area contributed by atoms with Gasteiger partial charge in [0.15, 0.2) is 0 Å². The van der Waals surface area contributed by atoms with E-state index < -0.39 is 11.8 Å². The van der Waals surface area contributed by atoms with Crippen molar-refractivity contribution in [1.82, 2.24) is 0 Å². The maximum atomic E-state index is 12.1. The molecule has 0 fully saturated rings. The third-order valence-electron chi connectivity index (χ3n) is 3.63. The number of fused-ring (bicyclic) bond motifs is 1. The van der Waals surface area contributed by atoms with E-state index in [0.717, 1.165) is 5.56 Å². The lowest BCUT2D eigenvalue weighted by Gasteiger charge is -2.10. The average Bonchev–Trinajstić information content (AvgIpc) is 2.56. The number of aryl methyl sites for hydroxylation is 1. The van der Waals surface area contributed by atoms with Crippen LogP contribution in [0.3, 0.4) is 0 Å². The smallest absolute Gasteiger partial charge is 0.314 e. The van der Waals surface area contributed by atoms with Gasteiger partial charge in [0, 0.05) is 22.1 Å². The number of benzene rings is 3. The Morgan fingerprint density at radius 2 is 1.50 bits per heavy atom. The second kappa shape index (κ2) is 6.42. The second-order valence-corrected chi connectivity index (χ2v) is 5.46. The maximum Gasteiger partial charge on any atom is 0.314 e. The summed E-state index contributed by atoms with van der Waals surface area (Å²) in [6, 6.07) is 17.3. The van der Waals surface area contributed by atoms with Gasteiger partial charge in [0.1, 0.15) is 5.75 Å². The quantitative estimate of drug-likeness (QED) is 0.633. The standard InChI is InChI=1S/C19H16N2O3/c1-12-5-2-6-13(11-12)20-18(23)19(24)21-16-9-3-8-15-14(16)7-4-10-17(15)22/h2-11,22H,1H3,(H,20,23)(H,21,24). The summed E-state index contributed by atoms with van der Waals surface area (Å²) >= 11 is 0. The Labute approximate surface area is 138 Å². The number of rotatable bonds is 2. The molecule has 3 aromatic rings. The molecular formula is C19H16N2O3. The van der Waals surface area contributed by atoms with E-state index in [2.05, 4.69) is 10.6 Å². The molecule has 3 N–H and O–H groups in total. The number of amides is 2. The summed E-state index contributed by atoms with van der Waals surface area (Å²) in [6.45, 7) is 1.90. The molecule has 5 nitrogen and oxygen atoms in total. The first-order valence-corrected chi connectivity index (χ1v) is 7.44. The van der Waals surface area contributed by atoms with Gasteiger partial charge in [-0.25, -0.2) is 0 Å². The zero-order valence-electron chi connectivity index (χ0n) is 13.0. The third-order valence-corrected chi connectivity index (χ3v) is 3.63. The van der Waals surface area contributed by atoms with Crippen LogP contribution in [0.1, 0.15) is 5.56 Å². The Balaban J connectivity index is 1.80. The number of hydrogen-bond acceptors (Lipinski definition) is 3. The van der Waals surface area contributed by atoms with Crippen LogP contribution in [0.5, 0.6) is 5.75 Å². The minimum atomic E-state index is -0.771. The van der Waals surface area contributed by atoms with Crippen molar-refractivity contribution in [3.63, 3.8) is 0 Å². The Hall–Kier alpha value is -3.34. The molecule has 0 aliphatic heterocycles. The van der Waals surface area contributed by atoms with E-state index >= 15 is 0 Å².